The molecule has 1 N–H and O–H groups in total. The molecule has 1 heterocycles. The maximum atomic E-state index is 3.86. The van der Waals surface area contributed by atoms with E-state index in [2.05, 4.69) is 23.7 Å². The van der Waals surface area contributed by atoms with Crippen molar-refractivity contribution >= 4 is 0 Å². The van der Waals surface area contributed by atoms with Crippen LogP contribution in [0.15, 0.2) is 12.7 Å². The molecule has 0 aromatic heterocycles. The number of nitrogens with zero attached hydrogens (tertiary/aromatic N) is 1. The van der Waals surface area contributed by atoms with E-state index in [9.17, 15) is 0 Å². The van der Waals surface area contributed by atoms with Crippen molar-refractivity contribution in [3.63, 3.8) is 0 Å². The first-order valence-corrected chi connectivity index (χ1v) is 6.39. The quantitative estimate of drug-likeness (QED) is 0.695. The molecular formula is C13H24N2. The van der Waals surface area contributed by atoms with Crippen LogP contribution in [0.25, 0.3) is 0 Å². The van der Waals surface area contributed by atoms with Crippen molar-refractivity contribution in [1.29, 1.82) is 0 Å². The molecule has 1 saturated carbocycles. The first-order valence-electron chi connectivity index (χ1n) is 6.39. The summed E-state index contributed by atoms with van der Waals surface area (Å²) in [5.74, 6) is 0.838. The Labute approximate surface area is 93.7 Å². The van der Waals surface area contributed by atoms with Crippen molar-refractivity contribution in [2.75, 3.05) is 19.6 Å². The number of nitrogens with one attached hydrogen (secondary N) is 1. The Hall–Kier alpha value is -0.340. The Bertz CT molecular complexity index is 211. The zero-order valence-electron chi connectivity index (χ0n) is 9.91. The number of piperidine rings is 1. The summed E-state index contributed by atoms with van der Waals surface area (Å²) < 4.78 is 0. The van der Waals surface area contributed by atoms with E-state index in [1.807, 2.05) is 6.08 Å². The van der Waals surface area contributed by atoms with Gasteiger partial charge in [0.2, 0.25) is 0 Å². The number of hydrogen-bond donors (Lipinski definition) is 1. The van der Waals surface area contributed by atoms with Gasteiger partial charge in [0.05, 0.1) is 0 Å². The van der Waals surface area contributed by atoms with Gasteiger partial charge in [-0.2, -0.15) is 0 Å². The van der Waals surface area contributed by atoms with Gasteiger partial charge in [0, 0.05) is 25.2 Å². The maximum absolute atomic E-state index is 3.86. The molecule has 2 unspecified atom stereocenters. The van der Waals surface area contributed by atoms with Gasteiger partial charge in [0.25, 0.3) is 0 Å². The Morgan fingerprint density at radius 1 is 1.40 bits per heavy atom. The summed E-state index contributed by atoms with van der Waals surface area (Å²) in [6.07, 6.45) is 7.59. The van der Waals surface area contributed by atoms with E-state index in [0.717, 1.165) is 18.5 Å². The van der Waals surface area contributed by atoms with Crippen LogP contribution in [0.3, 0.4) is 0 Å². The lowest BCUT2D eigenvalue weighted by atomic mass is 9.92. The van der Waals surface area contributed by atoms with Gasteiger partial charge in [0.15, 0.2) is 0 Å². The SMILES string of the molecule is C=CCN(CC1NCCCC1C)C1CC1. The van der Waals surface area contributed by atoms with Crippen LogP contribution in [-0.2, 0) is 0 Å². The molecule has 0 spiro atoms. The molecule has 0 radical (unpaired) electrons. The van der Waals surface area contributed by atoms with E-state index in [1.165, 1.54) is 38.8 Å². The molecule has 86 valence electrons. The fourth-order valence-corrected chi connectivity index (χ4v) is 2.59. The van der Waals surface area contributed by atoms with Gasteiger partial charge < -0.3 is 5.32 Å². The van der Waals surface area contributed by atoms with Crippen molar-refractivity contribution in [2.24, 2.45) is 5.92 Å². The molecule has 0 amide bonds. The molecule has 1 aliphatic heterocycles. The van der Waals surface area contributed by atoms with Gasteiger partial charge in [-0.1, -0.05) is 13.0 Å². The monoisotopic (exact) mass is 208 g/mol. The van der Waals surface area contributed by atoms with Crippen molar-refractivity contribution in [3.05, 3.63) is 12.7 Å². The Balaban J connectivity index is 1.83. The zero-order valence-corrected chi connectivity index (χ0v) is 9.91. The molecule has 0 aromatic carbocycles. The van der Waals surface area contributed by atoms with E-state index in [4.69, 9.17) is 0 Å². The fourth-order valence-electron chi connectivity index (χ4n) is 2.59. The molecule has 2 nitrogen and oxygen atoms in total. The molecule has 2 rings (SSSR count). The molecule has 2 fully saturated rings. The molecule has 0 aromatic rings. The van der Waals surface area contributed by atoms with E-state index in [-0.39, 0.29) is 0 Å². The first-order chi connectivity index (χ1) is 7.31. The summed E-state index contributed by atoms with van der Waals surface area (Å²) in [5.41, 5.74) is 0. The summed E-state index contributed by atoms with van der Waals surface area (Å²) in [6.45, 7) is 9.74. The molecule has 2 atom stereocenters. The molecule has 15 heavy (non-hydrogen) atoms. The zero-order chi connectivity index (χ0) is 10.7. The molecule has 2 aliphatic rings. The smallest absolute Gasteiger partial charge is 0.0220 e. The van der Waals surface area contributed by atoms with Crippen molar-refractivity contribution in [1.82, 2.24) is 10.2 Å². The summed E-state index contributed by atoms with van der Waals surface area (Å²) in [7, 11) is 0. The lowest BCUT2D eigenvalue weighted by Gasteiger charge is -2.34. The third-order valence-electron chi connectivity index (χ3n) is 3.79. The summed E-state index contributed by atoms with van der Waals surface area (Å²) >= 11 is 0. The van der Waals surface area contributed by atoms with Crippen LogP contribution in [0.1, 0.15) is 32.6 Å². The highest BCUT2D eigenvalue weighted by molar-refractivity contribution is 4.92. The first kappa shape index (κ1) is 11.2. The predicted molar refractivity (Wildman–Crippen MR) is 65.0 cm³/mol. The molecule has 0 bridgehead atoms. The van der Waals surface area contributed by atoms with E-state index in [1.54, 1.807) is 0 Å². The highest BCUT2D eigenvalue weighted by Gasteiger charge is 2.31. The third-order valence-corrected chi connectivity index (χ3v) is 3.79. The van der Waals surface area contributed by atoms with Crippen molar-refractivity contribution in [2.45, 2.75) is 44.7 Å². The molecule has 1 aliphatic carbocycles. The Morgan fingerprint density at radius 2 is 2.20 bits per heavy atom. The standard InChI is InChI=1S/C13H24N2/c1-3-9-15(12-6-7-12)10-13-11(2)5-4-8-14-13/h3,11-14H,1,4-10H2,2H3. The summed E-state index contributed by atoms with van der Waals surface area (Å²) in [4.78, 5) is 2.60. The minimum Gasteiger partial charge on any atom is -0.312 e. The van der Waals surface area contributed by atoms with Crippen LogP contribution in [-0.4, -0.2) is 36.6 Å². The van der Waals surface area contributed by atoms with Gasteiger partial charge >= 0.3 is 0 Å². The highest BCUT2D eigenvalue weighted by atomic mass is 15.2. The van der Waals surface area contributed by atoms with E-state index < -0.39 is 0 Å². The predicted octanol–water partition coefficient (Wildman–Crippen LogP) is 2.02. The minimum absolute atomic E-state index is 0.708. The van der Waals surface area contributed by atoms with E-state index >= 15 is 0 Å². The lowest BCUT2D eigenvalue weighted by molar-refractivity contribution is 0.197. The average Bonchev–Trinajstić information content (AvgIpc) is 3.04. The molecule has 2 heteroatoms. The van der Waals surface area contributed by atoms with Crippen molar-refractivity contribution in [3.8, 4) is 0 Å². The fraction of sp³-hybridized carbons (Fsp3) is 0.846. The van der Waals surface area contributed by atoms with E-state index in [0.29, 0.717) is 6.04 Å². The van der Waals surface area contributed by atoms with Crippen LogP contribution in [0.5, 0.6) is 0 Å². The average molecular weight is 208 g/mol. The number of rotatable bonds is 5. The molecule has 1 saturated heterocycles. The topological polar surface area (TPSA) is 15.3 Å². The Morgan fingerprint density at radius 3 is 2.80 bits per heavy atom. The van der Waals surface area contributed by atoms with Gasteiger partial charge in [-0.3, -0.25) is 4.90 Å². The second-order valence-corrected chi connectivity index (χ2v) is 5.15. The minimum atomic E-state index is 0.708. The van der Waals surface area contributed by atoms with Gasteiger partial charge in [-0.15, -0.1) is 6.58 Å². The van der Waals surface area contributed by atoms with Crippen LogP contribution in [0, 0.1) is 5.92 Å². The molecular weight excluding hydrogens is 184 g/mol. The largest absolute Gasteiger partial charge is 0.312 e. The third kappa shape index (κ3) is 3.05. The number of hydrogen-bond acceptors (Lipinski definition) is 2. The van der Waals surface area contributed by atoms with Crippen LogP contribution >= 0.6 is 0 Å². The lowest BCUT2D eigenvalue weighted by Crippen LogP contribution is -2.48. The summed E-state index contributed by atoms with van der Waals surface area (Å²) in [6, 6.07) is 1.57. The second-order valence-electron chi connectivity index (χ2n) is 5.15. The summed E-state index contributed by atoms with van der Waals surface area (Å²) in [5, 5.41) is 3.66. The highest BCUT2D eigenvalue weighted by Crippen LogP contribution is 2.28. The van der Waals surface area contributed by atoms with Crippen LogP contribution in [0.4, 0.5) is 0 Å². The Kier molecular flexibility index (Phi) is 3.81. The van der Waals surface area contributed by atoms with Gasteiger partial charge in [-0.05, 0) is 38.1 Å². The van der Waals surface area contributed by atoms with Gasteiger partial charge in [-0.25, -0.2) is 0 Å². The van der Waals surface area contributed by atoms with Gasteiger partial charge in [0.1, 0.15) is 0 Å². The second kappa shape index (κ2) is 5.13. The van der Waals surface area contributed by atoms with Crippen LogP contribution < -0.4 is 5.32 Å². The van der Waals surface area contributed by atoms with Crippen LogP contribution in [0.2, 0.25) is 0 Å². The van der Waals surface area contributed by atoms with Crippen molar-refractivity contribution < 1.29 is 0 Å². The normalized spacial score (nSPS) is 31.9. The maximum Gasteiger partial charge on any atom is 0.0220 e.